The highest BCUT2D eigenvalue weighted by Gasteiger charge is 2.39. The van der Waals surface area contributed by atoms with Crippen molar-refractivity contribution in [3.63, 3.8) is 0 Å². The minimum atomic E-state index is -0.544. The number of thioether (sulfide) groups is 1. The predicted octanol–water partition coefficient (Wildman–Crippen LogP) is 6.12. The van der Waals surface area contributed by atoms with Crippen molar-refractivity contribution in [1.29, 1.82) is 0 Å². The van der Waals surface area contributed by atoms with Crippen LogP contribution in [-0.4, -0.2) is 27.1 Å². The van der Waals surface area contributed by atoms with Crippen LogP contribution in [0.15, 0.2) is 77.8 Å². The molecule has 0 spiro atoms. The van der Waals surface area contributed by atoms with E-state index in [9.17, 15) is 9.59 Å². The minimum absolute atomic E-state index is 0.0493. The molecular weight excluding hydrogens is 454 g/mol. The van der Waals surface area contributed by atoms with Crippen LogP contribution in [0, 0.1) is 13.8 Å². The Morgan fingerprint density at radius 3 is 2.48 bits per heavy atom. The molecule has 0 saturated carbocycles. The minimum Gasteiger partial charge on any atom is -0.326 e. The first-order chi connectivity index (χ1) is 15.9. The molecule has 3 aromatic rings. The number of aryl methyl sites for hydroxylation is 1. The second kappa shape index (κ2) is 10.2. The van der Waals surface area contributed by atoms with Gasteiger partial charge in [-0.3, -0.25) is 14.5 Å². The fourth-order valence-corrected chi connectivity index (χ4v) is 4.81. The van der Waals surface area contributed by atoms with Crippen LogP contribution in [0.1, 0.15) is 23.1 Å². The van der Waals surface area contributed by atoms with E-state index in [4.69, 9.17) is 16.6 Å². The lowest BCUT2D eigenvalue weighted by atomic mass is 10.1. The summed E-state index contributed by atoms with van der Waals surface area (Å²) in [7, 11) is 0. The molecule has 0 aromatic heterocycles. The lowest BCUT2D eigenvalue weighted by Gasteiger charge is -2.16. The van der Waals surface area contributed by atoms with Crippen molar-refractivity contribution < 1.29 is 9.59 Å². The van der Waals surface area contributed by atoms with Gasteiger partial charge in [0.05, 0.1) is 12.2 Å². The van der Waals surface area contributed by atoms with Crippen LogP contribution >= 0.6 is 23.4 Å². The van der Waals surface area contributed by atoms with E-state index in [-0.39, 0.29) is 18.2 Å². The Labute approximate surface area is 202 Å². The fourth-order valence-electron chi connectivity index (χ4n) is 3.48. The molecule has 2 amide bonds. The Morgan fingerprint density at radius 2 is 1.76 bits per heavy atom. The van der Waals surface area contributed by atoms with Gasteiger partial charge in [0.1, 0.15) is 5.25 Å². The Hall–Kier alpha value is -3.09. The first kappa shape index (κ1) is 23.1. The van der Waals surface area contributed by atoms with Gasteiger partial charge in [-0.25, -0.2) is 4.99 Å². The molecule has 1 aliphatic heterocycles. The molecule has 4 rings (SSSR count). The number of hydrogen-bond acceptors (Lipinski definition) is 4. The smallest absolute Gasteiger partial charge is 0.242 e. The molecular formula is C26H24ClN3O2S. The number of amidine groups is 1. The molecule has 1 N–H and O–H groups in total. The van der Waals surface area contributed by atoms with Crippen molar-refractivity contribution in [2.24, 2.45) is 4.99 Å². The normalized spacial score (nSPS) is 16.9. The Bertz CT molecular complexity index is 1200. The molecule has 33 heavy (non-hydrogen) atoms. The van der Waals surface area contributed by atoms with Gasteiger partial charge in [0, 0.05) is 17.1 Å². The topological polar surface area (TPSA) is 61.8 Å². The summed E-state index contributed by atoms with van der Waals surface area (Å²) in [5, 5.41) is 3.53. The molecule has 1 fully saturated rings. The lowest BCUT2D eigenvalue weighted by Crippen LogP contribution is -2.33. The molecule has 3 aromatic carbocycles. The number of anilines is 1. The largest absolute Gasteiger partial charge is 0.326 e. The van der Waals surface area contributed by atoms with Crippen molar-refractivity contribution in [1.82, 2.24) is 4.90 Å². The first-order valence-electron chi connectivity index (χ1n) is 10.6. The summed E-state index contributed by atoms with van der Waals surface area (Å²) in [6.07, 6.45) is 0.0493. The van der Waals surface area contributed by atoms with Gasteiger partial charge in [0.2, 0.25) is 11.8 Å². The van der Waals surface area contributed by atoms with E-state index in [1.54, 1.807) is 23.1 Å². The molecule has 7 heteroatoms. The van der Waals surface area contributed by atoms with Crippen LogP contribution in [0.3, 0.4) is 0 Å². The molecule has 0 bridgehead atoms. The third-order valence-corrected chi connectivity index (χ3v) is 6.96. The summed E-state index contributed by atoms with van der Waals surface area (Å²) in [6, 6.07) is 23.0. The standard InChI is InChI=1S/C26H24ClN3O2S/c1-17-11-13-20(14-12-17)28-26-30(16-19-7-4-3-5-8-19)25(32)23(33-26)15-24(31)29-22-10-6-9-21(27)18(22)2/h3-14,23H,15-16H2,1-2H3,(H,29,31). The number of benzene rings is 3. The number of aliphatic imine (C=N–C) groups is 1. The Balaban J connectivity index is 1.54. The summed E-state index contributed by atoms with van der Waals surface area (Å²) in [5.74, 6) is -0.352. The van der Waals surface area contributed by atoms with Crippen molar-refractivity contribution in [3.05, 3.63) is 94.5 Å². The molecule has 0 aliphatic carbocycles. The summed E-state index contributed by atoms with van der Waals surface area (Å²) in [4.78, 5) is 32.5. The van der Waals surface area contributed by atoms with E-state index in [0.717, 1.165) is 22.4 Å². The summed E-state index contributed by atoms with van der Waals surface area (Å²) < 4.78 is 0. The van der Waals surface area contributed by atoms with Gasteiger partial charge in [0.15, 0.2) is 5.17 Å². The van der Waals surface area contributed by atoms with Crippen molar-refractivity contribution in [2.75, 3.05) is 5.32 Å². The molecule has 168 valence electrons. The number of carbonyl (C=O) groups is 2. The van der Waals surface area contributed by atoms with Crippen LogP contribution in [0.4, 0.5) is 11.4 Å². The zero-order chi connectivity index (χ0) is 23.4. The van der Waals surface area contributed by atoms with E-state index in [1.807, 2.05) is 68.4 Å². The molecule has 1 saturated heterocycles. The third kappa shape index (κ3) is 5.64. The molecule has 1 atom stereocenters. The quantitative estimate of drug-likeness (QED) is 0.465. The SMILES string of the molecule is Cc1ccc(N=C2SC(CC(=O)Nc3cccc(Cl)c3C)C(=O)N2Cc2ccccc2)cc1. The van der Waals surface area contributed by atoms with Crippen molar-refractivity contribution in [2.45, 2.75) is 32.1 Å². The van der Waals surface area contributed by atoms with Crippen LogP contribution in [0.2, 0.25) is 5.02 Å². The Morgan fingerprint density at radius 1 is 1.03 bits per heavy atom. The maximum atomic E-state index is 13.3. The number of amides is 2. The molecule has 1 unspecified atom stereocenters. The van der Waals surface area contributed by atoms with Gasteiger partial charge in [-0.05, 0) is 49.2 Å². The third-order valence-electron chi connectivity index (χ3n) is 5.37. The average Bonchev–Trinajstić information content (AvgIpc) is 3.08. The zero-order valence-electron chi connectivity index (χ0n) is 18.4. The van der Waals surface area contributed by atoms with E-state index in [2.05, 4.69) is 5.32 Å². The number of nitrogens with one attached hydrogen (secondary N) is 1. The summed E-state index contributed by atoms with van der Waals surface area (Å²) >= 11 is 7.49. The highest BCUT2D eigenvalue weighted by atomic mass is 35.5. The summed E-state index contributed by atoms with van der Waals surface area (Å²) in [6.45, 7) is 4.27. The van der Waals surface area contributed by atoms with E-state index in [1.165, 1.54) is 11.8 Å². The monoisotopic (exact) mass is 477 g/mol. The van der Waals surface area contributed by atoms with Gasteiger partial charge in [-0.2, -0.15) is 0 Å². The van der Waals surface area contributed by atoms with Crippen LogP contribution in [0.25, 0.3) is 0 Å². The number of rotatable bonds is 6. The van der Waals surface area contributed by atoms with E-state index < -0.39 is 5.25 Å². The maximum Gasteiger partial charge on any atom is 0.242 e. The number of hydrogen-bond donors (Lipinski definition) is 1. The second-order valence-corrected chi connectivity index (χ2v) is 9.49. The average molecular weight is 478 g/mol. The van der Waals surface area contributed by atoms with Gasteiger partial charge >= 0.3 is 0 Å². The van der Waals surface area contributed by atoms with Crippen LogP contribution < -0.4 is 5.32 Å². The Kier molecular flexibility index (Phi) is 7.16. The van der Waals surface area contributed by atoms with Crippen molar-refractivity contribution in [3.8, 4) is 0 Å². The van der Waals surface area contributed by atoms with E-state index >= 15 is 0 Å². The van der Waals surface area contributed by atoms with Gasteiger partial charge in [0.25, 0.3) is 0 Å². The predicted molar refractivity (Wildman–Crippen MR) is 136 cm³/mol. The van der Waals surface area contributed by atoms with Crippen molar-refractivity contribution >= 4 is 51.7 Å². The van der Waals surface area contributed by atoms with E-state index in [0.29, 0.717) is 22.4 Å². The molecule has 1 aliphatic rings. The number of nitrogens with zero attached hydrogens (tertiary/aromatic N) is 2. The highest BCUT2D eigenvalue weighted by Crippen LogP contribution is 2.33. The van der Waals surface area contributed by atoms with Gasteiger partial charge in [-0.15, -0.1) is 0 Å². The van der Waals surface area contributed by atoms with Crippen LogP contribution in [-0.2, 0) is 16.1 Å². The maximum absolute atomic E-state index is 13.3. The zero-order valence-corrected chi connectivity index (χ0v) is 20.0. The lowest BCUT2D eigenvalue weighted by molar-refractivity contribution is -0.128. The number of carbonyl (C=O) groups excluding carboxylic acids is 2. The summed E-state index contributed by atoms with van der Waals surface area (Å²) in [5.41, 5.74) is 4.36. The first-order valence-corrected chi connectivity index (χ1v) is 11.9. The van der Waals surface area contributed by atoms with Gasteiger partial charge in [-0.1, -0.05) is 77.5 Å². The molecule has 0 radical (unpaired) electrons. The second-order valence-electron chi connectivity index (χ2n) is 7.91. The van der Waals surface area contributed by atoms with Gasteiger partial charge < -0.3 is 5.32 Å². The fraction of sp³-hybridized carbons (Fsp3) is 0.192. The molecule has 5 nitrogen and oxygen atoms in total. The molecule has 1 heterocycles. The van der Waals surface area contributed by atoms with Crippen LogP contribution in [0.5, 0.6) is 0 Å². The highest BCUT2D eigenvalue weighted by molar-refractivity contribution is 8.15. The number of halogens is 1.